The summed E-state index contributed by atoms with van der Waals surface area (Å²) in [5, 5.41) is 14.9. The fourth-order valence-corrected chi connectivity index (χ4v) is 3.36. The van der Waals surface area contributed by atoms with Gasteiger partial charge in [0.1, 0.15) is 11.0 Å². The molecule has 0 saturated carbocycles. The molecule has 0 saturated heterocycles. The van der Waals surface area contributed by atoms with Crippen molar-refractivity contribution >= 4 is 44.2 Å². The Morgan fingerprint density at radius 3 is 2.54 bits per heavy atom. The zero-order valence-corrected chi connectivity index (χ0v) is 17.6. The predicted molar refractivity (Wildman–Crippen MR) is 108 cm³/mol. The van der Waals surface area contributed by atoms with Crippen LogP contribution in [0.4, 0.5) is 5.13 Å². The van der Waals surface area contributed by atoms with E-state index in [-0.39, 0.29) is 23.7 Å². The van der Waals surface area contributed by atoms with E-state index in [2.05, 4.69) is 36.8 Å². The number of benzene rings is 1. The van der Waals surface area contributed by atoms with E-state index in [0.717, 1.165) is 16.5 Å². The van der Waals surface area contributed by atoms with Crippen molar-refractivity contribution in [3.8, 4) is 10.6 Å². The Hall–Kier alpha value is -1.80. The predicted octanol–water partition coefficient (Wildman–Crippen LogP) is 4.09. The van der Waals surface area contributed by atoms with Crippen LogP contribution in [0, 0.1) is 11.8 Å². The van der Waals surface area contributed by atoms with Gasteiger partial charge in [-0.05, 0) is 18.1 Å². The molecule has 1 aromatic carbocycles. The fourth-order valence-electron chi connectivity index (χ4n) is 2.22. The van der Waals surface area contributed by atoms with Gasteiger partial charge in [-0.15, -0.1) is 10.2 Å². The average Bonchev–Trinajstić information content (AvgIpc) is 3.07. The van der Waals surface area contributed by atoms with Gasteiger partial charge in [-0.1, -0.05) is 73.5 Å². The number of aromatic nitrogens is 2. The zero-order chi connectivity index (χ0) is 19.3. The maximum Gasteiger partial charge on any atom is 0.249 e. The van der Waals surface area contributed by atoms with Crippen LogP contribution < -0.4 is 10.6 Å². The monoisotopic (exact) mass is 438 g/mol. The summed E-state index contributed by atoms with van der Waals surface area (Å²) in [5.74, 6) is -0.586. The highest BCUT2D eigenvalue weighted by Gasteiger charge is 2.27. The molecule has 140 valence electrons. The van der Waals surface area contributed by atoms with Crippen LogP contribution in [-0.4, -0.2) is 28.1 Å². The van der Waals surface area contributed by atoms with Crippen molar-refractivity contribution in [3.63, 3.8) is 0 Å². The Balaban J connectivity index is 2.12. The lowest BCUT2D eigenvalue weighted by Crippen LogP contribution is -2.48. The molecule has 0 spiro atoms. The van der Waals surface area contributed by atoms with Gasteiger partial charge in [0.2, 0.25) is 16.9 Å². The van der Waals surface area contributed by atoms with E-state index < -0.39 is 6.04 Å². The van der Waals surface area contributed by atoms with Crippen molar-refractivity contribution in [2.75, 3.05) is 5.32 Å². The van der Waals surface area contributed by atoms with E-state index in [9.17, 15) is 9.59 Å². The minimum atomic E-state index is -0.604. The number of hydrogen-bond acceptors (Lipinski definition) is 5. The first-order valence-corrected chi connectivity index (χ1v) is 10.1. The third-order valence-corrected chi connectivity index (χ3v) is 5.43. The Morgan fingerprint density at radius 1 is 1.19 bits per heavy atom. The second kappa shape index (κ2) is 9.23. The average molecular weight is 439 g/mol. The molecule has 26 heavy (non-hydrogen) atoms. The topological polar surface area (TPSA) is 84.0 Å². The number of amides is 2. The first kappa shape index (κ1) is 20.5. The second-order valence-electron chi connectivity index (χ2n) is 6.44. The maximum absolute atomic E-state index is 12.7. The molecule has 0 radical (unpaired) electrons. The molecule has 8 heteroatoms. The van der Waals surface area contributed by atoms with E-state index >= 15 is 0 Å². The first-order chi connectivity index (χ1) is 12.3. The lowest BCUT2D eigenvalue weighted by molar-refractivity contribution is -0.129. The summed E-state index contributed by atoms with van der Waals surface area (Å²) in [6.07, 6.45) is 0.774. The largest absolute Gasteiger partial charge is 0.344 e. The summed E-state index contributed by atoms with van der Waals surface area (Å²) in [4.78, 5) is 24.7. The molecule has 1 heterocycles. The Morgan fingerprint density at radius 2 is 1.92 bits per heavy atom. The number of halogens is 1. The van der Waals surface area contributed by atoms with Gasteiger partial charge in [0.05, 0.1) is 0 Å². The number of nitrogens with one attached hydrogen (secondary N) is 2. The second-order valence-corrected chi connectivity index (χ2v) is 8.33. The zero-order valence-electron chi connectivity index (χ0n) is 15.2. The van der Waals surface area contributed by atoms with Crippen LogP contribution in [0.15, 0.2) is 28.7 Å². The van der Waals surface area contributed by atoms with Crippen LogP contribution >= 0.6 is 27.3 Å². The number of rotatable bonds is 7. The molecule has 0 bridgehead atoms. The molecule has 2 rings (SSSR count). The first-order valence-electron chi connectivity index (χ1n) is 8.52. The van der Waals surface area contributed by atoms with Crippen molar-refractivity contribution in [2.24, 2.45) is 11.8 Å². The van der Waals surface area contributed by atoms with E-state index in [0.29, 0.717) is 10.1 Å². The molecule has 2 amide bonds. The molecule has 1 aromatic heterocycles. The third-order valence-electron chi connectivity index (χ3n) is 4.04. The van der Waals surface area contributed by atoms with E-state index in [1.807, 2.05) is 38.1 Å². The molecule has 0 aliphatic rings. The molecule has 2 atom stereocenters. The molecule has 0 fully saturated rings. The normalized spacial score (nSPS) is 13.3. The summed E-state index contributed by atoms with van der Waals surface area (Å²) < 4.78 is 0.948. The lowest BCUT2D eigenvalue weighted by Gasteiger charge is -2.23. The van der Waals surface area contributed by atoms with E-state index in [1.54, 1.807) is 13.8 Å². The van der Waals surface area contributed by atoms with Gasteiger partial charge < -0.3 is 5.32 Å². The van der Waals surface area contributed by atoms with Crippen LogP contribution in [0.2, 0.25) is 0 Å². The summed E-state index contributed by atoms with van der Waals surface area (Å²) in [6, 6.07) is 7.12. The van der Waals surface area contributed by atoms with Crippen molar-refractivity contribution in [1.82, 2.24) is 15.5 Å². The highest BCUT2D eigenvalue weighted by Crippen LogP contribution is 2.28. The molecule has 0 aliphatic heterocycles. The molecule has 2 unspecified atom stereocenters. The quantitative estimate of drug-likeness (QED) is 0.681. The summed E-state index contributed by atoms with van der Waals surface area (Å²) in [6.45, 7) is 7.53. The minimum absolute atomic E-state index is 0.00942. The van der Waals surface area contributed by atoms with Gasteiger partial charge in [-0.2, -0.15) is 0 Å². The van der Waals surface area contributed by atoms with Gasteiger partial charge in [0.15, 0.2) is 0 Å². The number of hydrogen-bond donors (Lipinski definition) is 2. The van der Waals surface area contributed by atoms with Gasteiger partial charge >= 0.3 is 0 Å². The van der Waals surface area contributed by atoms with Crippen molar-refractivity contribution < 1.29 is 9.59 Å². The van der Waals surface area contributed by atoms with E-state index in [1.165, 1.54) is 11.3 Å². The van der Waals surface area contributed by atoms with Crippen LogP contribution in [0.3, 0.4) is 0 Å². The number of anilines is 1. The number of carbonyl (C=O) groups is 2. The Kier molecular flexibility index (Phi) is 7.28. The van der Waals surface area contributed by atoms with Crippen molar-refractivity contribution in [2.45, 2.75) is 40.2 Å². The number of carbonyl (C=O) groups excluding carboxylic acids is 2. The van der Waals surface area contributed by atoms with Gasteiger partial charge in [0, 0.05) is 16.0 Å². The highest BCUT2D eigenvalue weighted by molar-refractivity contribution is 9.10. The Bertz CT molecular complexity index is 778. The summed E-state index contributed by atoms with van der Waals surface area (Å²) in [5.41, 5.74) is 0.920. The fraction of sp³-hybridized carbons (Fsp3) is 0.444. The van der Waals surface area contributed by atoms with Crippen LogP contribution in [0.25, 0.3) is 10.6 Å². The SMILES string of the molecule is CCC(C)C(NC(=O)C(C)C)C(=O)Nc1nnc(-c2cccc(Br)c2)s1. The summed E-state index contributed by atoms with van der Waals surface area (Å²) >= 11 is 4.73. The maximum atomic E-state index is 12.7. The molecule has 0 aliphatic carbocycles. The molecular weight excluding hydrogens is 416 g/mol. The van der Waals surface area contributed by atoms with Crippen LogP contribution in [0.1, 0.15) is 34.1 Å². The smallest absolute Gasteiger partial charge is 0.249 e. The molecule has 6 nitrogen and oxygen atoms in total. The summed E-state index contributed by atoms with van der Waals surface area (Å²) in [7, 11) is 0. The number of nitrogens with zero attached hydrogens (tertiary/aromatic N) is 2. The standard InChI is InChI=1S/C18H23BrN4O2S/c1-5-11(4)14(20-15(24)10(2)3)16(25)21-18-23-22-17(26-18)12-7-6-8-13(19)9-12/h6-11,14H,5H2,1-4H3,(H,20,24)(H,21,23,25). The van der Waals surface area contributed by atoms with Crippen molar-refractivity contribution in [3.05, 3.63) is 28.7 Å². The minimum Gasteiger partial charge on any atom is -0.344 e. The van der Waals surface area contributed by atoms with Gasteiger partial charge in [-0.25, -0.2) is 0 Å². The Labute approximate surface area is 165 Å². The highest BCUT2D eigenvalue weighted by atomic mass is 79.9. The van der Waals surface area contributed by atoms with Crippen molar-refractivity contribution in [1.29, 1.82) is 0 Å². The molecule has 2 N–H and O–H groups in total. The molecular formula is C18H23BrN4O2S. The third kappa shape index (κ3) is 5.35. The van der Waals surface area contributed by atoms with Gasteiger partial charge in [0.25, 0.3) is 0 Å². The lowest BCUT2D eigenvalue weighted by atomic mass is 9.97. The molecule has 2 aromatic rings. The van der Waals surface area contributed by atoms with Crippen LogP contribution in [-0.2, 0) is 9.59 Å². The van der Waals surface area contributed by atoms with Crippen LogP contribution in [0.5, 0.6) is 0 Å². The van der Waals surface area contributed by atoms with Gasteiger partial charge in [-0.3, -0.25) is 14.9 Å². The van der Waals surface area contributed by atoms with E-state index in [4.69, 9.17) is 0 Å².